The second-order valence-corrected chi connectivity index (χ2v) is 7.01. The summed E-state index contributed by atoms with van der Waals surface area (Å²) < 4.78 is 5.17. The summed E-state index contributed by atoms with van der Waals surface area (Å²) in [6.45, 7) is 5.94. The lowest BCUT2D eigenvalue weighted by Crippen LogP contribution is -2.39. The first-order valence-electron chi connectivity index (χ1n) is 6.54. The van der Waals surface area contributed by atoms with Crippen LogP contribution in [0.2, 0.25) is 0 Å². The van der Waals surface area contributed by atoms with Gasteiger partial charge in [0.2, 0.25) is 0 Å². The van der Waals surface area contributed by atoms with Crippen molar-refractivity contribution in [3.63, 3.8) is 0 Å². The van der Waals surface area contributed by atoms with Crippen molar-refractivity contribution in [2.24, 2.45) is 11.8 Å². The van der Waals surface area contributed by atoms with Crippen LogP contribution in [0.1, 0.15) is 33.6 Å². The van der Waals surface area contributed by atoms with Crippen LogP contribution in [-0.4, -0.2) is 40.8 Å². The molecule has 0 aromatic carbocycles. The van der Waals surface area contributed by atoms with Gasteiger partial charge in [0.1, 0.15) is 5.60 Å². The van der Waals surface area contributed by atoms with Crippen LogP contribution < -0.4 is 5.32 Å². The third-order valence-corrected chi connectivity index (χ3v) is 4.16. The number of carbonyl (C=O) groups is 2. The second kappa shape index (κ2) is 7.03. The van der Waals surface area contributed by atoms with Gasteiger partial charge in [-0.05, 0) is 50.5 Å². The molecule has 2 atom stereocenters. The summed E-state index contributed by atoms with van der Waals surface area (Å²) in [5.41, 5.74) is -0.507. The molecule has 2 unspecified atom stereocenters. The standard InChI is InChI=1S/C13H23NO4S/c1-13(2,3)18-12(17)14-7-9-4-5-19-8-10(9)6-11(15)16/h9-10H,4-8H2,1-3H3,(H,14,17)(H,15,16). The molecule has 1 aliphatic heterocycles. The lowest BCUT2D eigenvalue weighted by molar-refractivity contribution is -0.138. The van der Waals surface area contributed by atoms with E-state index in [1.54, 1.807) is 11.8 Å². The molecule has 0 spiro atoms. The maximum absolute atomic E-state index is 11.6. The fourth-order valence-electron chi connectivity index (χ4n) is 2.09. The quantitative estimate of drug-likeness (QED) is 0.831. The van der Waals surface area contributed by atoms with Crippen LogP contribution in [0.3, 0.4) is 0 Å². The largest absolute Gasteiger partial charge is 0.481 e. The van der Waals surface area contributed by atoms with E-state index in [0.717, 1.165) is 17.9 Å². The van der Waals surface area contributed by atoms with E-state index in [1.807, 2.05) is 20.8 Å². The first-order valence-corrected chi connectivity index (χ1v) is 7.70. The Bertz CT molecular complexity index is 327. The molecule has 6 heteroatoms. The molecule has 1 heterocycles. The van der Waals surface area contributed by atoms with Crippen molar-refractivity contribution in [2.75, 3.05) is 18.1 Å². The van der Waals surface area contributed by atoms with Crippen molar-refractivity contribution in [1.29, 1.82) is 0 Å². The maximum Gasteiger partial charge on any atom is 0.407 e. The van der Waals surface area contributed by atoms with E-state index in [0.29, 0.717) is 6.54 Å². The van der Waals surface area contributed by atoms with Crippen LogP contribution in [0.5, 0.6) is 0 Å². The third-order valence-electron chi connectivity index (χ3n) is 2.98. The molecule has 110 valence electrons. The summed E-state index contributed by atoms with van der Waals surface area (Å²) in [6, 6.07) is 0. The van der Waals surface area contributed by atoms with Gasteiger partial charge in [-0.3, -0.25) is 4.79 Å². The third kappa shape index (κ3) is 6.71. The van der Waals surface area contributed by atoms with Gasteiger partial charge in [0, 0.05) is 13.0 Å². The minimum Gasteiger partial charge on any atom is -0.481 e. The zero-order valence-electron chi connectivity index (χ0n) is 11.8. The number of carboxylic acids is 1. The molecule has 2 N–H and O–H groups in total. The van der Waals surface area contributed by atoms with Crippen LogP contribution >= 0.6 is 11.8 Å². The molecule has 19 heavy (non-hydrogen) atoms. The van der Waals surface area contributed by atoms with E-state index in [1.165, 1.54) is 0 Å². The number of rotatable bonds is 4. The van der Waals surface area contributed by atoms with E-state index in [4.69, 9.17) is 9.84 Å². The first kappa shape index (κ1) is 16.1. The van der Waals surface area contributed by atoms with Gasteiger partial charge in [0.05, 0.1) is 0 Å². The number of carboxylic acid groups (broad SMARTS) is 1. The van der Waals surface area contributed by atoms with Crippen molar-refractivity contribution in [3.05, 3.63) is 0 Å². The molecule has 0 aromatic heterocycles. The van der Waals surface area contributed by atoms with Crippen LogP contribution in [0, 0.1) is 11.8 Å². The van der Waals surface area contributed by atoms with Crippen molar-refractivity contribution in [1.82, 2.24) is 5.32 Å². The SMILES string of the molecule is CC(C)(C)OC(=O)NCC1CCSCC1CC(=O)O. The highest BCUT2D eigenvalue weighted by atomic mass is 32.2. The number of hydrogen-bond donors (Lipinski definition) is 2. The first-order chi connectivity index (χ1) is 8.78. The van der Waals surface area contributed by atoms with Crippen molar-refractivity contribution >= 4 is 23.8 Å². The summed E-state index contributed by atoms with van der Waals surface area (Å²) in [4.78, 5) is 22.4. The summed E-state index contributed by atoms with van der Waals surface area (Å²) in [5, 5.41) is 11.6. The Morgan fingerprint density at radius 1 is 1.37 bits per heavy atom. The summed E-state index contributed by atoms with van der Waals surface area (Å²) in [6.07, 6.45) is 0.686. The Hall–Kier alpha value is -0.910. The van der Waals surface area contributed by atoms with E-state index in [9.17, 15) is 9.59 Å². The highest BCUT2D eigenvalue weighted by molar-refractivity contribution is 7.99. The Kier molecular flexibility index (Phi) is 5.97. The summed E-state index contributed by atoms with van der Waals surface area (Å²) >= 11 is 1.79. The Labute approximate surface area is 118 Å². The lowest BCUT2D eigenvalue weighted by Gasteiger charge is -2.30. The molecule has 0 radical (unpaired) electrons. The molecule has 1 amide bonds. The van der Waals surface area contributed by atoms with E-state index in [-0.39, 0.29) is 18.3 Å². The summed E-state index contributed by atoms with van der Waals surface area (Å²) in [7, 11) is 0. The minimum atomic E-state index is -0.769. The highest BCUT2D eigenvalue weighted by Gasteiger charge is 2.28. The smallest absolute Gasteiger partial charge is 0.407 e. The van der Waals surface area contributed by atoms with Crippen LogP contribution in [0.4, 0.5) is 4.79 Å². The summed E-state index contributed by atoms with van der Waals surface area (Å²) in [5.74, 6) is 1.47. The van der Waals surface area contributed by atoms with Gasteiger partial charge in [0.15, 0.2) is 0 Å². The zero-order valence-corrected chi connectivity index (χ0v) is 12.6. The monoisotopic (exact) mass is 289 g/mol. The number of aliphatic carboxylic acids is 1. The minimum absolute atomic E-state index is 0.131. The molecule has 5 nitrogen and oxygen atoms in total. The molecular formula is C13H23NO4S. The fourth-order valence-corrected chi connectivity index (χ4v) is 3.42. The lowest BCUT2D eigenvalue weighted by atomic mass is 9.88. The fraction of sp³-hybridized carbons (Fsp3) is 0.846. The average Bonchev–Trinajstić information content (AvgIpc) is 2.24. The number of alkyl carbamates (subject to hydrolysis) is 1. The Morgan fingerprint density at radius 3 is 2.63 bits per heavy atom. The van der Waals surface area contributed by atoms with E-state index >= 15 is 0 Å². The van der Waals surface area contributed by atoms with Gasteiger partial charge in [-0.15, -0.1) is 0 Å². The molecule has 1 fully saturated rings. The Morgan fingerprint density at radius 2 is 2.05 bits per heavy atom. The highest BCUT2D eigenvalue weighted by Crippen LogP contribution is 2.30. The average molecular weight is 289 g/mol. The van der Waals surface area contributed by atoms with E-state index < -0.39 is 17.7 Å². The molecule has 1 saturated heterocycles. The molecule has 0 aromatic rings. The topological polar surface area (TPSA) is 75.6 Å². The predicted molar refractivity (Wildman–Crippen MR) is 75.4 cm³/mol. The number of hydrogen-bond acceptors (Lipinski definition) is 4. The van der Waals surface area contributed by atoms with Gasteiger partial charge in [-0.25, -0.2) is 4.79 Å². The van der Waals surface area contributed by atoms with Crippen LogP contribution in [0.15, 0.2) is 0 Å². The van der Waals surface area contributed by atoms with Gasteiger partial charge in [0.25, 0.3) is 0 Å². The van der Waals surface area contributed by atoms with Gasteiger partial charge in [-0.2, -0.15) is 11.8 Å². The maximum atomic E-state index is 11.6. The molecule has 0 bridgehead atoms. The van der Waals surface area contributed by atoms with Crippen LogP contribution in [0.25, 0.3) is 0 Å². The van der Waals surface area contributed by atoms with Crippen molar-refractivity contribution in [2.45, 2.75) is 39.2 Å². The molecular weight excluding hydrogens is 266 g/mol. The number of ether oxygens (including phenoxy) is 1. The molecule has 1 aliphatic rings. The zero-order chi connectivity index (χ0) is 14.5. The number of thioether (sulfide) groups is 1. The van der Waals surface area contributed by atoms with Crippen molar-refractivity contribution in [3.8, 4) is 0 Å². The number of nitrogens with one attached hydrogen (secondary N) is 1. The molecule has 1 rings (SSSR count). The van der Waals surface area contributed by atoms with Gasteiger partial charge >= 0.3 is 12.1 Å². The van der Waals surface area contributed by atoms with Crippen molar-refractivity contribution < 1.29 is 19.4 Å². The van der Waals surface area contributed by atoms with Crippen LogP contribution in [-0.2, 0) is 9.53 Å². The molecule has 0 aliphatic carbocycles. The molecule has 0 saturated carbocycles. The number of amides is 1. The van der Waals surface area contributed by atoms with E-state index in [2.05, 4.69) is 5.32 Å². The number of carbonyl (C=O) groups excluding carboxylic acids is 1. The Balaban J connectivity index is 2.40. The second-order valence-electron chi connectivity index (χ2n) is 5.86. The van der Waals surface area contributed by atoms with Gasteiger partial charge in [-0.1, -0.05) is 0 Å². The predicted octanol–water partition coefficient (Wildman–Crippen LogP) is 2.36. The normalized spacial score (nSPS) is 23.7. The van der Waals surface area contributed by atoms with Gasteiger partial charge < -0.3 is 15.2 Å².